The zero-order valence-corrected chi connectivity index (χ0v) is 18.9. The molecule has 0 saturated carbocycles. The molecular formula is C21H21Cl2N5O5. The van der Waals surface area contributed by atoms with Crippen LogP contribution < -0.4 is 5.32 Å². The van der Waals surface area contributed by atoms with Crippen LogP contribution in [0.5, 0.6) is 0 Å². The van der Waals surface area contributed by atoms with E-state index in [4.69, 9.17) is 28.3 Å². The molecule has 4 rings (SSSR count). The molecule has 174 valence electrons. The van der Waals surface area contributed by atoms with Gasteiger partial charge in [0, 0.05) is 54.5 Å². The van der Waals surface area contributed by atoms with Crippen LogP contribution in [0.2, 0.25) is 10.0 Å². The van der Waals surface area contributed by atoms with Crippen molar-refractivity contribution in [1.82, 2.24) is 25.0 Å². The summed E-state index contributed by atoms with van der Waals surface area (Å²) >= 11 is 12.9. The normalized spacial score (nSPS) is 13.2. The van der Waals surface area contributed by atoms with Crippen LogP contribution in [0.1, 0.15) is 17.7 Å². The number of fused-ring (bicyclic) bond motifs is 3. The molecular weight excluding hydrogens is 473 g/mol. The Morgan fingerprint density at radius 3 is 2.79 bits per heavy atom. The molecule has 33 heavy (non-hydrogen) atoms. The number of carboxylic acids is 1. The highest BCUT2D eigenvalue weighted by molar-refractivity contribution is 6.45. The number of aliphatic hydroxyl groups is 1. The first-order valence-corrected chi connectivity index (χ1v) is 11.0. The van der Waals surface area contributed by atoms with E-state index in [1.165, 1.54) is 4.68 Å². The van der Waals surface area contributed by atoms with Gasteiger partial charge in [-0.05, 0) is 12.1 Å². The van der Waals surface area contributed by atoms with Crippen LogP contribution in [-0.4, -0.2) is 67.4 Å². The van der Waals surface area contributed by atoms with Gasteiger partial charge in [-0.15, -0.1) is 0 Å². The summed E-state index contributed by atoms with van der Waals surface area (Å²) in [5.41, 5.74) is 3.72. The molecule has 3 aromatic rings. The summed E-state index contributed by atoms with van der Waals surface area (Å²) in [6, 6.07) is 3.44. The fourth-order valence-electron chi connectivity index (χ4n) is 3.96. The lowest BCUT2D eigenvalue weighted by Crippen LogP contribution is -2.37. The molecule has 1 aliphatic heterocycles. The lowest BCUT2D eigenvalue weighted by Gasteiger charge is -2.26. The van der Waals surface area contributed by atoms with Crippen molar-refractivity contribution in [3.05, 3.63) is 39.6 Å². The number of aromatic nitrogens is 3. The van der Waals surface area contributed by atoms with Crippen LogP contribution in [0.15, 0.2) is 18.3 Å². The summed E-state index contributed by atoms with van der Waals surface area (Å²) in [5, 5.41) is 26.4. The molecule has 1 aromatic carbocycles. The smallest absolute Gasteiger partial charge is 0.305 e. The summed E-state index contributed by atoms with van der Waals surface area (Å²) in [7, 11) is 0. The molecule has 0 atom stereocenters. The molecule has 4 N–H and O–H groups in total. The summed E-state index contributed by atoms with van der Waals surface area (Å²) < 4.78 is 1.44. The maximum absolute atomic E-state index is 12.1. The van der Waals surface area contributed by atoms with Gasteiger partial charge in [-0.25, -0.2) is 0 Å². The largest absolute Gasteiger partial charge is 0.481 e. The molecule has 0 fully saturated rings. The molecule has 2 aromatic heterocycles. The third kappa shape index (κ3) is 4.68. The molecule has 0 bridgehead atoms. The minimum absolute atomic E-state index is 0.0360. The highest BCUT2D eigenvalue weighted by Crippen LogP contribution is 2.41. The average molecular weight is 494 g/mol. The number of benzene rings is 1. The molecule has 0 radical (unpaired) electrons. The number of carbonyl (C=O) groups excluding carboxylic acids is 2. The summed E-state index contributed by atoms with van der Waals surface area (Å²) in [5.74, 6) is -1.70. The first kappa shape index (κ1) is 23.1. The summed E-state index contributed by atoms with van der Waals surface area (Å²) in [6.45, 7) is 0.191. The van der Waals surface area contributed by atoms with Crippen LogP contribution in [0, 0.1) is 0 Å². The van der Waals surface area contributed by atoms with Crippen molar-refractivity contribution in [2.75, 3.05) is 19.7 Å². The van der Waals surface area contributed by atoms with Crippen LogP contribution in [0.25, 0.3) is 22.2 Å². The fraction of sp³-hybridized carbons (Fsp3) is 0.333. The second-order valence-corrected chi connectivity index (χ2v) is 8.45. The standard InChI is InChI=1S/C21H21Cl2N5O5/c22-13-7-11(15-3-6-28(26-15)9-16(30)24-4-1-18(32)33)19-12-8-27(17(31)10-29)5-2-14(12)25-21(19)20(13)23/h3,6-7,25,29H,1-2,4-5,8-10H2,(H,24,30)(H,32,33). The third-order valence-corrected chi connectivity index (χ3v) is 6.30. The van der Waals surface area contributed by atoms with Crippen molar-refractivity contribution in [3.63, 3.8) is 0 Å². The molecule has 1 aliphatic rings. The van der Waals surface area contributed by atoms with E-state index in [0.717, 1.165) is 16.6 Å². The first-order chi connectivity index (χ1) is 15.8. The van der Waals surface area contributed by atoms with Gasteiger partial charge in [-0.1, -0.05) is 23.2 Å². The molecule has 0 unspecified atom stereocenters. The van der Waals surface area contributed by atoms with Crippen LogP contribution in [0.4, 0.5) is 0 Å². The van der Waals surface area contributed by atoms with Gasteiger partial charge in [0.2, 0.25) is 11.8 Å². The highest BCUT2D eigenvalue weighted by Gasteiger charge is 2.27. The monoisotopic (exact) mass is 493 g/mol. The van der Waals surface area contributed by atoms with Crippen molar-refractivity contribution in [2.45, 2.75) is 25.9 Å². The number of H-pyrrole nitrogens is 1. The predicted molar refractivity (Wildman–Crippen MR) is 121 cm³/mol. The Hall–Kier alpha value is -3.08. The second kappa shape index (κ2) is 9.42. The highest BCUT2D eigenvalue weighted by atomic mass is 35.5. The van der Waals surface area contributed by atoms with Gasteiger partial charge in [0.05, 0.1) is 27.7 Å². The Balaban J connectivity index is 1.67. The number of nitrogens with one attached hydrogen (secondary N) is 2. The predicted octanol–water partition coefficient (Wildman–Crippen LogP) is 1.81. The van der Waals surface area contributed by atoms with Crippen molar-refractivity contribution in [2.24, 2.45) is 0 Å². The van der Waals surface area contributed by atoms with Gasteiger partial charge in [0.1, 0.15) is 13.2 Å². The van der Waals surface area contributed by atoms with Gasteiger partial charge in [0.25, 0.3) is 0 Å². The topological polar surface area (TPSA) is 141 Å². The minimum atomic E-state index is -0.991. The summed E-state index contributed by atoms with van der Waals surface area (Å²) in [6.07, 6.45) is 2.06. The van der Waals surface area contributed by atoms with Crippen molar-refractivity contribution < 1.29 is 24.6 Å². The second-order valence-electron chi connectivity index (χ2n) is 7.67. The lowest BCUT2D eigenvalue weighted by atomic mass is 9.99. The number of halogens is 2. The SMILES string of the molecule is O=C(O)CCNC(=O)Cn1ccc(-c2cc(Cl)c(Cl)c3[nH]c4c(c23)CN(C(=O)CO)CC4)n1. The van der Waals surface area contributed by atoms with E-state index in [1.54, 1.807) is 23.2 Å². The molecule has 0 saturated heterocycles. The van der Waals surface area contributed by atoms with Crippen molar-refractivity contribution >= 4 is 51.9 Å². The number of aliphatic hydroxyl groups excluding tert-OH is 1. The third-order valence-electron chi connectivity index (χ3n) is 5.51. The number of aromatic amines is 1. The number of nitrogens with zero attached hydrogens (tertiary/aromatic N) is 3. The number of carboxylic acid groups (broad SMARTS) is 1. The fourth-order valence-corrected chi connectivity index (χ4v) is 4.36. The zero-order valence-electron chi connectivity index (χ0n) is 17.4. The molecule has 10 nitrogen and oxygen atoms in total. The number of carbonyl (C=O) groups is 3. The van der Waals surface area contributed by atoms with Crippen molar-refractivity contribution in [3.8, 4) is 11.3 Å². The Labute approximate surface area is 198 Å². The van der Waals surface area contributed by atoms with E-state index < -0.39 is 12.6 Å². The van der Waals surface area contributed by atoms with E-state index in [1.807, 2.05) is 0 Å². The Morgan fingerprint density at radius 2 is 2.06 bits per heavy atom. The Morgan fingerprint density at radius 1 is 1.27 bits per heavy atom. The van der Waals surface area contributed by atoms with E-state index in [0.29, 0.717) is 46.3 Å². The number of hydrogen-bond acceptors (Lipinski definition) is 5. The Bertz CT molecular complexity index is 1250. The lowest BCUT2D eigenvalue weighted by molar-refractivity contribution is -0.137. The van der Waals surface area contributed by atoms with E-state index in [-0.39, 0.29) is 31.3 Å². The number of amides is 2. The van der Waals surface area contributed by atoms with Crippen LogP contribution >= 0.6 is 23.2 Å². The van der Waals surface area contributed by atoms with Gasteiger partial charge in [-0.3, -0.25) is 19.1 Å². The first-order valence-electron chi connectivity index (χ1n) is 10.2. The van der Waals surface area contributed by atoms with Crippen LogP contribution in [0.3, 0.4) is 0 Å². The molecule has 12 heteroatoms. The number of rotatable bonds is 7. The minimum Gasteiger partial charge on any atom is -0.481 e. The van der Waals surface area contributed by atoms with Gasteiger partial charge >= 0.3 is 5.97 Å². The zero-order chi connectivity index (χ0) is 23.7. The molecule has 2 amide bonds. The van der Waals surface area contributed by atoms with Crippen molar-refractivity contribution in [1.29, 1.82) is 0 Å². The molecule has 0 spiro atoms. The number of aliphatic carboxylic acids is 1. The van der Waals surface area contributed by atoms with E-state index in [9.17, 15) is 19.5 Å². The maximum atomic E-state index is 12.1. The number of hydrogen-bond donors (Lipinski definition) is 4. The quantitative estimate of drug-likeness (QED) is 0.395. The van der Waals surface area contributed by atoms with Gasteiger partial charge < -0.3 is 25.4 Å². The average Bonchev–Trinajstić information content (AvgIpc) is 3.40. The van der Waals surface area contributed by atoms with Gasteiger partial charge in [-0.2, -0.15) is 5.10 Å². The maximum Gasteiger partial charge on any atom is 0.305 e. The van der Waals surface area contributed by atoms with E-state index in [2.05, 4.69) is 15.4 Å². The van der Waals surface area contributed by atoms with E-state index >= 15 is 0 Å². The Kier molecular flexibility index (Phi) is 6.59. The van der Waals surface area contributed by atoms with Gasteiger partial charge in [0.15, 0.2) is 0 Å². The molecule has 0 aliphatic carbocycles. The summed E-state index contributed by atoms with van der Waals surface area (Å²) in [4.78, 5) is 39.6. The van der Waals surface area contributed by atoms with Crippen LogP contribution in [-0.2, 0) is 33.9 Å². The molecule has 3 heterocycles.